The SMILES string of the molecule is CNC(=O)CN(C)c1ccc(CN)nc1. The second-order valence-electron chi connectivity index (χ2n) is 3.24. The Hall–Kier alpha value is -1.62. The van der Waals surface area contributed by atoms with E-state index in [1.165, 1.54) is 0 Å². The molecule has 15 heavy (non-hydrogen) atoms. The van der Waals surface area contributed by atoms with Crippen LogP contribution in [0.1, 0.15) is 5.69 Å². The van der Waals surface area contributed by atoms with Crippen molar-refractivity contribution in [2.75, 3.05) is 25.5 Å². The fourth-order valence-corrected chi connectivity index (χ4v) is 1.15. The smallest absolute Gasteiger partial charge is 0.239 e. The molecule has 1 aromatic rings. The molecule has 1 aromatic heterocycles. The first kappa shape index (κ1) is 11.5. The summed E-state index contributed by atoms with van der Waals surface area (Å²) < 4.78 is 0. The monoisotopic (exact) mass is 208 g/mol. The molecule has 0 aliphatic carbocycles. The Morgan fingerprint density at radius 2 is 2.33 bits per heavy atom. The molecule has 0 spiro atoms. The Bertz CT molecular complexity index is 323. The number of carbonyl (C=O) groups is 1. The van der Waals surface area contributed by atoms with Crippen molar-refractivity contribution in [2.24, 2.45) is 5.73 Å². The maximum absolute atomic E-state index is 11.1. The third-order valence-electron chi connectivity index (χ3n) is 2.12. The van der Waals surface area contributed by atoms with Crippen LogP contribution in [0.5, 0.6) is 0 Å². The Kier molecular flexibility index (Phi) is 4.05. The molecular formula is C10H16N4O. The molecule has 0 saturated carbocycles. The molecule has 0 fully saturated rings. The van der Waals surface area contributed by atoms with Crippen LogP contribution >= 0.6 is 0 Å². The minimum absolute atomic E-state index is 0.0274. The molecule has 82 valence electrons. The van der Waals surface area contributed by atoms with Crippen molar-refractivity contribution in [3.8, 4) is 0 Å². The van der Waals surface area contributed by atoms with Gasteiger partial charge in [0.25, 0.3) is 0 Å². The number of hydrogen-bond donors (Lipinski definition) is 2. The molecule has 0 radical (unpaired) electrons. The predicted octanol–water partition coefficient (Wildman–Crippen LogP) is -0.277. The molecule has 5 nitrogen and oxygen atoms in total. The first-order valence-corrected chi connectivity index (χ1v) is 4.74. The number of nitrogens with zero attached hydrogens (tertiary/aromatic N) is 2. The zero-order chi connectivity index (χ0) is 11.3. The summed E-state index contributed by atoms with van der Waals surface area (Å²) in [5.41, 5.74) is 7.18. The number of amides is 1. The summed E-state index contributed by atoms with van der Waals surface area (Å²) in [6.45, 7) is 0.750. The van der Waals surface area contributed by atoms with Gasteiger partial charge in [0.1, 0.15) is 0 Å². The van der Waals surface area contributed by atoms with Gasteiger partial charge >= 0.3 is 0 Å². The van der Waals surface area contributed by atoms with Crippen molar-refractivity contribution < 1.29 is 4.79 Å². The van der Waals surface area contributed by atoms with E-state index in [0.717, 1.165) is 11.4 Å². The quantitative estimate of drug-likeness (QED) is 0.714. The van der Waals surface area contributed by atoms with E-state index in [-0.39, 0.29) is 5.91 Å². The highest BCUT2D eigenvalue weighted by molar-refractivity contribution is 5.80. The Balaban J connectivity index is 2.65. The third-order valence-corrected chi connectivity index (χ3v) is 2.12. The van der Waals surface area contributed by atoms with Gasteiger partial charge in [-0.1, -0.05) is 0 Å². The van der Waals surface area contributed by atoms with Gasteiger partial charge in [0.05, 0.1) is 24.1 Å². The van der Waals surface area contributed by atoms with Crippen LogP contribution in [0.3, 0.4) is 0 Å². The maximum atomic E-state index is 11.1. The summed E-state index contributed by atoms with van der Waals surface area (Å²) in [7, 11) is 3.46. The molecule has 0 aromatic carbocycles. The first-order valence-electron chi connectivity index (χ1n) is 4.74. The van der Waals surface area contributed by atoms with E-state index in [4.69, 9.17) is 5.73 Å². The van der Waals surface area contributed by atoms with Crippen LogP contribution in [-0.2, 0) is 11.3 Å². The van der Waals surface area contributed by atoms with E-state index in [1.807, 2.05) is 24.1 Å². The van der Waals surface area contributed by atoms with Crippen LogP contribution in [0.25, 0.3) is 0 Å². The van der Waals surface area contributed by atoms with Crippen molar-refractivity contribution in [3.63, 3.8) is 0 Å². The highest BCUT2D eigenvalue weighted by Gasteiger charge is 2.05. The second-order valence-corrected chi connectivity index (χ2v) is 3.24. The van der Waals surface area contributed by atoms with Crippen molar-refractivity contribution in [2.45, 2.75) is 6.54 Å². The summed E-state index contributed by atoms with van der Waals surface area (Å²) in [6, 6.07) is 3.76. The van der Waals surface area contributed by atoms with Gasteiger partial charge in [0.15, 0.2) is 0 Å². The van der Waals surface area contributed by atoms with Crippen LogP contribution in [-0.4, -0.2) is 31.5 Å². The molecule has 0 aliphatic rings. The summed E-state index contributed by atoms with van der Waals surface area (Å²) in [4.78, 5) is 17.1. The lowest BCUT2D eigenvalue weighted by Crippen LogP contribution is -2.32. The lowest BCUT2D eigenvalue weighted by Gasteiger charge is -2.17. The minimum atomic E-state index is -0.0274. The first-order chi connectivity index (χ1) is 7.17. The molecule has 0 aliphatic heterocycles. The fraction of sp³-hybridized carbons (Fsp3) is 0.400. The maximum Gasteiger partial charge on any atom is 0.239 e. The van der Waals surface area contributed by atoms with E-state index in [2.05, 4.69) is 10.3 Å². The van der Waals surface area contributed by atoms with Crippen molar-refractivity contribution in [1.82, 2.24) is 10.3 Å². The van der Waals surface area contributed by atoms with Crippen LogP contribution in [0.2, 0.25) is 0 Å². The number of carbonyl (C=O) groups excluding carboxylic acids is 1. The summed E-state index contributed by atoms with van der Waals surface area (Å²) in [5, 5.41) is 2.57. The van der Waals surface area contributed by atoms with Crippen LogP contribution in [0, 0.1) is 0 Å². The zero-order valence-electron chi connectivity index (χ0n) is 9.03. The number of aromatic nitrogens is 1. The molecule has 1 heterocycles. The molecular weight excluding hydrogens is 192 g/mol. The van der Waals surface area contributed by atoms with Crippen molar-refractivity contribution in [1.29, 1.82) is 0 Å². The average Bonchev–Trinajstić information content (AvgIpc) is 2.29. The van der Waals surface area contributed by atoms with E-state index in [9.17, 15) is 4.79 Å². The number of likely N-dealkylation sites (N-methyl/N-ethyl adjacent to an activating group) is 2. The standard InChI is InChI=1S/C10H16N4O/c1-12-10(15)7-14(2)9-4-3-8(5-11)13-6-9/h3-4,6H,5,7,11H2,1-2H3,(H,12,15). The highest BCUT2D eigenvalue weighted by atomic mass is 16.1. The number of pyridine rings is 1. The van der Waals surface area contributed by atoms with Gasteiger partial charge < -0.3 is 16.0 Å². The highest BCUT2D eigenvalue weighted by Crippen LogP contribution is 2.10. The number of anilines is 1. The van der Waals surface area contributed by atoms with E-state index in [0.29, 0.717) is 13.1 Å². The van der Waals surface area contributed by atoms with Crippen LogP contribution < -0.4 is 16.0 Å². The second kappa shape index (κ2) is 5.31. The number of hydrogen-bond acceptors (Lipinski definition) is 4. The molecule has 0 bridgehead atoms. The normalized spacial score (nSPS) is 9.80. The van der Waals surface area contributed by atoms with Gasteiger partial charge in [-0.25, -0.2) is 0 Å². The summed E-state index contributed by atoms with van der Waals surface area (Å²) in [5.74, 6) is -0.0274. The largest absolute Gasteiger partial charge is 0.364 e. The fourth-order valence-electron chi connectivity index (χ4n) is 1.15. The Labute approximate surface area is 89.3 Å². The molecule has 3 N–H and O–H groups in total. The average molecular weight is 208 g/mol. The number of nitrogens with two attached hydrogens (primary N) is 1. The zero-order valence-corrected chi connectivity index (χ0v) is 9.03. The lowest BCUT2D eigenvalue weighted by atomic mass is 10.3. The number of rotatable bonds is 4. The van der Waals surface area contributed by atoms with Gasteiger partial charge in [-0.15, -0.1) is 0 Å². The summed E-state index contributed by atoms with van der Waals surface area (Å²) in [6.07, 6.45) is 1.71. The number of nitrogens with one attached hydrogen (secondary N) is 1. The van der Waals surface area contributed by atoms with Gasteiger partial charge in [-0.2, -0.15) is 0 Å². The van der Waals surface area contributed by atoms with Gasteiger partial charge in [-0.05, 0) is 12.1 Å². The Morgan fingerprint density at radius 3 is 2.80 bits per heavy atom. The van der Waals surface area contributed by atoms with Crippen molar-refractivity contribution >= 4 is 11.6 Å². The van der Waals surface area contributed by atoms with Gasteiger partial charge in [0.2, 0.25) is 5.91 Å². The van der Waals surface area contributed by atoms with E-state index in [1.54, 1.807) is 13.2 Å². The van der Waals surface area contributed by atoms with E-state index >= 15 is 0 Å². The Morgan fingerprint density at radius 1 is 1.60 bits per heavy atom. The van der Waals surface area contributed by atoms with Crippen molar-refractivity contribution in [3.05, 3.63) is 24.0 Å². The summed E-state index contributed by atoms with van der Waals surface area (Å²) >= 11 is 0. The molecule has 1 amide bonds. The van der Waals surface area contributed by atoms with Gasteiger partial charge in [-0.3, -0.25) is 9.78 Å². The van der Waals surface area contributed by atoms with Gasteiger partial charge in [0, 0.05) is 20.6 Å². The van der Waals surface area contributed by atoms with E-state index < -0.39 is 0 Å². The molecule has 0 atom stereocenters. The topological polar surface area (TPSA) is 71.2 Å². The van der Waals surface area contributed by atoms with Crippen LogP contribution in [0.15, 0.2) is 18.3 Å². The lowest BCUT2D eigenvalue weighted by molar-refractivity contribution is -0.119. The molecule has 1 rings (SSSR count). The molecule has 0 unspecified atom stereocenters. The minimum Gasteiger partial charge on any atom is -0.364 e. The van der Waals surface area contributed by atoms with Crippen LogP contribution in [0.4, 0.5) is 5.69 Å². The third kappa shape index (κ3) is 3.21. The molecule has 5 heteroatoms. The predicted molar refractivity (Wildman–Crippen MR) is 59.5 cm³/mol. The molecule has 0 saturated heterocycles.